The second-order valence-electron chi connectivity index (χ2n) is 7.81. The Kier molecular flexibility index (Phi) is 3.92. The van der Waals surface area contributed by atoms with Gasteiger partial charge in [0.1, 0.15) is 5.78 Å². The zero-order chi connectivity index (χ0) is 15.3. The molecule has 0 radical (unpaired) electrons. The van der Waals surface area contributed by atoms with E-state index in [2.05, 4.69) is 6.92 Å². The van der Waals surface area contributed by atoms with Crippen LogP contribution in [-0.2, 0) is 14.3 Å². The van der Waals surface area contributed by atoms with Gasteiger partial charge in [0.15, 0.2) is 5.79 Å². The molecule has 4 nitrogen and oxygen atoms in total. The number of carbonyl (C=O) groups excluding carboxylic acids is 1. The van der Waals surface area contributed by atoms with Gasteiger partial charge in [-0.15, -0.1) is 0 Å². The van der Waals surface area contributed by atoms with E-state index in [4.69, 9.17) is 9.47 Å². The Bertz CT molecular complexity index is 419. The molecule has 0 bridgehead atoms. The minimum Gasteiger partial charge on any atom is -0.393 e. The van der Waals surface area contributed by atoms with Gasteiger partial charge < -0.3 is 14.6 Å². The number of rotatable bonds is 3. The van der Waals surface area contributed by atoms with E-state index in [1.807, 2.05) is 13.8 Å². The molecule has 0 aromatic carbocycles. The van der Waals surface area contributed by atoms with Crippen LogP contribution in [0.15, 0.2) is 0 Å². The van der Waals surface area contributed by atoms with Gasteiger partial charge >= 0.3 is 0 Å². The summed E-state index contributed by atoms with van der Waals surface area (Å²) < 4.78 is 11.4. The summed E-state index contributed by atoms with van der Waals surface area (Å²) in [4.78, 5) is 12.4. The summed E-state index contributed by atoms with van der Waals surface area (Å²) in [7, 11) is 0. The van der Waals surface area contributed by atoms with Gasteiger partial charge in [-0.1, -0.05) is 6.92 Å². The van der Waals surface area contributed by atoms with Crippen molar-refractivity contribution in [3.63, 3.8) is 0 Å². The van der Waals surface area contributed by atoms with Crippen molar-refractivity contribution >= 4 is 5.78 Å². The molecule has 1 saturated heterocycles. The van der Waals surface area contributed by atoms with Crippen molar-refractivity contribution in [2.75, 3.05) is 6.61 Å². The molecule has 3 aliphatic rings. The van der Waals surface area contributed by atoms with Gasteiger partial charge in [-0.2, -0.15) is 0 Å². The van der Waals surface area contributed by atoms with Gasteiger partial charge in [0.25, 0.3) is 0 Å². The number of fused-ring (bicyclic) bond motifs is 1. The molecule has 0 spiro atoms. The quantitative estimate of drug-likeness (QED) is 0.870. The van der Waals surface area contributed by atoms with E-state index in [1.165, 1.54) is 0 Å². The van der Waals surface area contributed by atoms with E-state index in [0.717, 1.165) is 32.1 Å². The van der Waals surface area contributed by atoms with Crippen LogP contribution in [0.1, 0.15) is 59.3 Å². The molecule has 0 aromatic rings. The summed E-state index contributed by atoms with van der Waals surface area (Å²) in [5.41, 5.74) is -0.0507. The summed E-state index contributed by atoms with van der Waals surface area (Å²) in [6, 6.07) is 0. The van der Waals surface area contributed by atoms with Crippen LogP contribution in [0, 0.1) is 17.3 Å². The third-order valence-corrected chi connectivity index (χ3v) is 6.04. The Labute approximate surface area is 127 Å². The topological polar surface area (TPSA) is 55.8 Å². The van der Waals surface area contributed by atoms with Gasteiger partial charge in [0, 0.05) is 12.3 Å². The fourth-order valence-corrected chi connectivity index (χ4v) is 4.69. The Morgan fingerprint density at radius 1 is 1.24 bits per heavy atom. The molecule has 5 atom stereocenters. The second-order valence-corrected chi connectivity index (χ2v) is 7.81. The summed E-state index contributed by atoms with van der Waals surface area (Å²) in [6.07, 6.45) is 4.93. The van der Waals surface area contributed by atoms with Crippen molar-refractivity contribution in [2.45, 2.75) is 77.3 Å². The van der Waals surface area contributed by atoms with Crippen molar-refractivity contribution in [3.05, 3.63) is 0 Å². The molecular weight excluding hydrogens is 268 g/mol. The number of ketones is 1. The first-order valence-electron chi connectivity index (χ1n) is 8.34. The first kappa shape index (κ1) is 15.4. The molecule has 2 saturated carbocycles. The lowest BCUT2D eigenvalue weighted by Gasteiger charge is -2.43. The number of hydrogen-bond donors (Lipinski definition) is 1. The van der Waals surface area contributed by atoms with E-state index in [1.54, 1.807) is 0 Å². The van der Waals surface area contributed by atoms with Gasteiger partial charge in [0.2, 0.25) is 0 Å². The van der Waals surface area contributed by atoms with Crippen LogP contribution < -0.4 is 0 Å². The summed E-state index contributed by atoms with van der Waals surface area (Å²) in [5, 5.41) is 10.3. The molecule has 2 aliphatic carbocycles. The van der Waals surface area contributed by atoms with Crippen LogP contribution in [0.5, 0.6) is 0 Å². The van der Waals surface area contributed by atoms with E-state index in [-0.39, 0.29) is 23.5 Å². The smallest absolute Gasteiger partial charge is 0.163 e. The van der Waals surface area contributed by atoms with Crippen molar-refractivity contribution < 1.29 is 19.4 Å². The van der Waals surface area contributed by atoms with Gasteiger partial charge in [-0.05, 0) is 57.3 Å². The lowest BCUT2D eigenvalue weighted by atomic mass is 9.62. The van der Waals surface area contributed by atoms with Crippen molar-refractivity contribution in [1.82, 2.24) is 0 Å². The van der Waals surface area contributed by atoms with E-state index >= 15 is 0 Å². The number of aliphatic hydroxyl groups excluding tert-OH is 1. The van der Waals surface area contributed by atoms with Crippen molar-refractivity contribution in [2.24, 2.45) is 17.3 Å². The monoisotopic (exact) mass is 296 g/mol. The molecule has 3 rings (SSSR count). The Balaban J connectivity index is 1.63. The maximum atomic E-state index is 12.4. The SMILES string of the molecule is CC1(C)OCC(CC[C@@H]2C(=O)CC[C@]3(C)[C@@H](O)CC[C@@H]23)O1. The lowest BCUT2D eigenvalue weighted by molar-refractivity contribution is -0.141. The number of hydrogen-bond acceptors (Lipinski definition) is 4. The van der Waals surface area contributed by atoms with Gasteiger partial charge in [0.05, 0.1) is 18.8 Å². The molecule has 1 N–H and O–H groups in total. The Hall–Kier alpha value is -0.450. The molecule has 1 unspecified atom stereocenters. The zero-order valence-corrected chi connectivity index (χ0v) is 13.4. The third kappa shape index (κ3) is 2.78. The highest BCUT2D eigenvalue weighted by molar-refractivity contribution is 5.82. The molecule has 120 valence electrons. The number of carbonyl (C=O) groups is 1. The highest BCUT2D eigenvalue weighted by Crippen LogP contribution is 2.54. The molecule has 0 aromatic heterocycles. The maximum Gasteiger partial charge on any atom is 0.163 e. The molecule has 3 fully saturated rings. The average molecular weight is 296 g/mol. The number of ether oxygens (including phenoxy) is 2. The van der Waals surface area contributed by atoms with Crippen molar-refractivity contribution in [3.8, 4) is 0 Å². The first-order chi connectivity index (χ1) is 9.82. The maximum absolute atomic E-state index is 12.4. The molecule has 21 heavy (non-hydrogen) atoms. The van der Waals surface area contributed by atoms with Crippen LogP contribution in [-0.4, -0.2) is 35.5 Å². The minimum atomic E-state index is -0.487. The summed E-state index contributed by atoms with van der Waals surface area (Å²) in [6.45, 7) is 6.66. The van der Waals surface area contributed by atoms with Crippen molar-refractivity contribution in [1.29, 1.82) is 0 Å². The average Bonchev–Trinajstić information content (AvgIpc) is 2.91. The predicted octanol–water partition coefficient (Wildman–Crippen LogP) is 2.67. The van der Waals surface area contributed by atoms with E-state index < -0.39 is 5.79 Å². The third-order valence-electron chi connectivity index (χ3n) is 6.04. The highest BCUT2D eigenvalue weighted by Gasteiger charge is 2.53. The minimum absolute atomic E-state index is 0.0507. The van der Waals surface area contributed by atoms with Crippen LogP contribution in [0.2, 0.25) is 0 Å². The van der Waals surface area contributed by atoms with Crippen LogP contribution >= 0.6 is 0 Å². The fraction of sp³-hybridized carbons (Fsp3) is 0.941. The number of Topliss-reactive ketones (excluding diaryl/α,β-unsaturated/α-hetero) is 1. The van der Waals surface area contributed by atoms with Crippen LogP contribution in [0.3, 0.4) is 0 Å². The zero-order valence-electron chi connectivity index (χ0n) is 13.4. The summed E-state index contributed by atoms with van der Waals surface area (Å²) >= 11 is 0. The van der Waals surface area contributed by atoms with E-state index in [9.17, 15) is 9.90 Å². The molecule has 1 heterocycles. The first-order valence-corrected chi connectivity index (χ1v) is 8.34. The highest BCUT2D eigenvalue weighted by atomic mass is 16.7. The standard InChI is InChI=1S/C17H28O4/c1-16(2)20-10-11(21-16)4-5-12-13-6-7-15(19)17(13,3)9-8-14(12)18/h11-13,15,19H,4-10H2,1-3H3/t11?,12-,13-,15-,17-/m0/s1. The molecule has 4 heteroatoms. The number of aliphatic hydroxyl groups is 1. The molecule has 1 aliphatic heterocycles. The Morgan fingerprint density at radius 2 is 2.00 bits per heavy atom. The normalized spacial score (nSPS) is 45.8. The van der Waals surface area contributed by atoms with Crippen LogP contribution in [0.4, 0.5) is 0 Å². The molecule has 0 amide bonds. The predicted molar refractivity (Wildman–Crippen MR) is 78.7 cm³/mol. The Morgan fingerprint density at radius 3 is 2.67 bits per heavy atom. The summed E-state index contributed by atoms with van der Waals surface area (Å²) in [5.74, 6) is 0.362. The molecular formula is C17H28O4. The van der Waals surface area contributed by atoms with Gasteiger partial charge in [-0.3, -0.25) is 4.79 Å². The lowest BCUT2D eigenvalue weighted by Crippen LogP contribution is -2.43. The fourth-order valence-electron chi connectivity index (χ4n) is 4.69. The van der Waals surface area contributed by atoms with E-state index in [0.29, 0.717) is 24.7 Å². The second kappa shape index (κ2) is 5.32. The van der Waals surface area contributed by atoms with Gasteiger partial charge in [-0.25, -0.2) is 0 Å². The largest absolute Gasteiger partial charge is 0.393 e. The van der Waals surface area contributed by atoms with Crippen LogP contribution in [0.25, 0.3) is 0 Å².